The predicted molar refractivity (Wildman–Crippen MR) is 219 cm³/mol. The monoisotopic (exact) mass is 669 g/mol. The Balaban J connectivity index is 1.23. The molecule has 0 unspecified atom stereocenters. The highest BCUT2D eigenvalue weighted by Crippen LogP contribution is 2.54. The van der Waals surface area contributed by atoms with Crippen LogP contribution in [0.25, 0.3) is 44.5 Å². The molecule has 7 aromatic carbocycles. The van der Waals surface area contributed by atoms with Gasteiger partial charge in [-0.1, -0.05) is 129 Å². The van der Waals surface area contributed by atoms with Gasteiger partial charge in [0.15, 0.2) is 0 Å². The van der Waals surface area contributed by atoms with Crippen LogP contribution in [0.2, 0.25) is 0 Å². The molecule has 3 aliphatic carbocycles. The Hall–Kier alpha value is -5.66. The molecule has 0 amide bonds. The van der Waals surface area contributed by atoms with Crippen molar-refractivity contribution >= 4 is 17.1 Å². The van der Waals surface area contributed by atoms with Gasteiger partial charge in [-0.05, 0) is 147 Å². The van der Waals surface area contributed by atoms with Gasteiger partial charge in [0, 0.05) is 22.4 Å². The lowest BCUT2D eigenvalue weighted by Crippen LogP contribution is -2.17. The SMILES string of the molecule is CC1(C)c2ccccc2-c2cc(-c3cc4c(c5c3CCC5)CCC4)c(N(c3ccc(-c4ccccc4)cc3)c3ccc(-c4ccccc4)cc3)cc21. The van der Waals surface area contributed by atoms with E-state index in [0.717, 1.165) is 6.42 Å². The first kappa shape index (κ1) is 31.1. The molecule has 52 heavy (non-hydrogen) atoms. The second-order valence-corrected chi connectivity index (χ2v) is 15.5. The summed E-state index contributed by atoms with van der Waals surface area (Å²) >= 11 is 0. The molecule has 7 aromatic rings. The van der Waals surface area contributed by atoms with Crippen molar-refractivity contribution in [2.24, 2.45) is 0 Å². The quantitative estimate of drug-likeness (QED) is 0.170. The van der Waals surface area contributed by atoms with Crippen molar-refractivity contribution in [3.63, 3.8) is 0 Å². The summed E-state index contributed by atoms with van der Waals surface area (Å²) in [5.41, 5.74) is 23.2. The Labute approximate surface area is 308 Å². The second kappa shape index (κ2) is 12.2. The molecule has 0 bridgehead atoms. The third-order valence-electron chi connectivity index (χ3n) is 12.2. The van der Waals surface area contributed by atoms with Crippen molar-refractivity contribution in [1.29, 1.82) is 0 Å². The molecule has 0 saturated heterocycles. The maximum absolute atomic E-state index is 2.60. The third kappa shape index (κ3) is 4.98. The largest absolute Gasteiger partial charge is 0.310 e. The molecule has 0 radical (unpaired) electrons. The van der Waals surface area contributed by atoms with E-state index in [9.17, 15) is 0 Å². The summed E-state index contributed by atoms with van der Waals surface area (Å²) in [7, 11) is 0. The minimum absolute atomic E-state index is 0.112. The number of benzene rings is 7. The topological polar surface area (TPSA) is 3.24 Å². The predicted octanol–water partition coefficient (Wildman–Crippen LogP) is 13.4. The normalized spacial score (nSPS) is 14.8. The zero-order chi connectivity index (χ0) is 34.8. The Morgan fingerprint density at radius 3 is 1.60 bits per heavy atom. The third-order valence-corrected chi connectivity index (χ3v) is 12.2. The molecule has 0 saturated carbocycles. The average Bonchev–Trinajstić information content (AvgIpc) is 3.93. The Kier molecular flexibility index (Phi) is 7.32. The van der Waals surface area contributed by atoms with Gasteiger partial charge in [0.1, 0.15) is 0 Å². The minimum atomic E-state index is -0.112. The number of aryl methyl sites for hydroxylation is 1. The fraction of sp³-hybridized carbons (Fsp3) is 0.176. The summed E-state index contributed by atoms with van der Waals surface area (Å²) in [5, 5.41) is 0. The van der Waals surface area contributed by atoms with Crippen LogP contribution in [0.15, 0.2) is 152 Å². The van der Waals surface area contributed by atoms with E-state index in [-0.39, 0.29) is 5.41 Å². The van der Waals surface area contributed by atoms with E-state index in [1.54, 1.807) is 22.3 Å². The van der Waals surface area contributed by atoms with Crippen molar-refractivity contribution < 1.29 is 0 Å². The molecule has 0 spiro atoms. The first-order valence-corrected chi connectivity index (χ1v) is 19.1. The smallest absolute Gasteiger partial charge is 0.0543 e. The highest BCUT2D eigenvalue weighted by molar-refractivity contribution is 5.96. The number of rotatable bonds is 6. The molecule has 0 aliphatic heterocycles. The molecule has 0 heterocycles. The van der Waals surface area contributed by atoms with E-state index in [0.29, 0.717) is 0 Å². The fourth-order valence-corrected chi connectivity index (χ4v) is 9.58. The average molecular weight is 670 g/mol. The zero-order valence-electron chi connectivity index (χ0n) is 30.1. The molecule has 0 aromatic heterocycles. The Morgan fingerprint density at radius 1 is 0.404 bits per heavy atom. The van der Waals surface area contributed by atoms with Gasteiger partial charge in [-0.3, -0.25) is 0 Å². The van der Waals surface area contributed by atoms with Gasteiger partial charge >= 0.3 is 0 Å². The maximum Gasteiger partial charge on any atom is 0.0543 e. The summed E-state index contributed by atoms with van der Waals surface area (Å²) < 4.78 is 0. The highest BCUT2D eigenvalue weighted by Gasteiger charge is 2.37. The maximum atomic E-state index is 2.60. The van der Waals surface area contributed by atoms with E-state index >= 15 is 0 Å². The van der Waals surface area contributed by atoms with Crippen LogP contribution in [-0.4, -0.2) is 0 Å². The summed E-state index contributed by atoms with van der Waals surface area (Å²) in [5.74, 6) is 0. The van der Waals surface area contributed by atoms with Crippen molar-refractivity contribution in [1.82, 2.24) is 0 Å². The molecule has 1 heteroatoms. The van der Waals surface area contributed by atoms with Gasteiger partial charge in [-0.2, -0.15) is 0 Å². The van der Waals surface area contributed by atoms with Crippen molar-refractivity contribution in [2.45, 2.75) is 57.8 Å². The van der Waals surface area contributed by atoms with Crippen LogP contribution in [0, 0.1) is 0 Å². The molecular weight excluding hydrogens is 627 g/mol. The van der Waals surface area contributed by atoms with Crippen LogP contribution < -0.4 is 4.90 Å². The number of hydrogen-bond donors (Lipinski definition) is 0. The van der Waals surface area contributed by atoms with Gasteiger partial charge in [-0.15, -0.1) is 0 Å². The van der Waals surface area contributed by atoms with Crippen molar-refractivity contribution in [3.05, 3.63) is 185 Å². The fourth-order valence-electron chi connectivity index (χ4n) is 9.58. The summed E-state index contributed by atoms with van der Waals surface area (Å²) in [6.07, 6.45) is 7.33. The Morgan fingerprint density at radius 2 is 0.942 bits per heavy atom. The van der Waals surface area contributed by atoms with E-state index in [2.05, 4.69) is 170 Å². The lowest BCUT2D eigenvalue weighted by Gasteiger charge is -2.31. The number of anilines is 3. The van der Waals surface area contributed by atoms with Crippen molar-refractivity contribution in [3.8, 4) is 44.5 Å². The van der Waals surface area contributed by atoms with Crippen LogP contribution in [0.3, 0.4) is 0 Å². The van der Waals surface area contributed by atoms with Gasteiger partial charge in [0.05, 0.1) is 5.69 Å². The summed E-state index contributed by atoms with van der Waals surface area (Å²) in [6.45, 7) is 4.81. The standard InChI is InChI=1S/C51H43N/c1-51(2)48-22-10-9-18-44(48)46-32-47(45-31-38-17-11-19-41(38)42-20-12-21-43(42)45)50(33-49(46)51)52(39-27-23-36(24-28-39)34-13-5-3-6-14-34)40-29-25-37(26-30-40)35-15-7-4-8-16-35/h3-10,13-16,18,22-33H,11-12,17,19-21H2,1-2H3. The van der Waals surface area contributed by atoms with E-state index in [4.69, 9.17) is 0 Å². The number of fused-ring (bicyclic) bond motifs is 6. The minimum Gasteiger partial charge on any atom is -0.310 e. The molecule has 252 valence electrons. The van der Waals surface area contributed by atoms with Crippen LogP contribution in [0.5, 0.6) is 0 Å². The summed E-state index contributed by atoms with van der Waals surface area (Å²) in [6, 6.07) is 56.7. The number of hydrogen-bond acceptors (Lipinski definition) is 1. The lowest BCUT2D eigenvalue weighted by molar-refractivity contribution is 0.660. The van der Waals surface area contributed by atoms with Gasteiger partial charge in [0.25, 0.3) is 0 Å². The van der Waals surface area contributed by atoms with Crippen LogP contribution in [0.4, 0.5) is 17.1 Å². The molecular formula is C51H43N. The first-order chi connectivity index (χ1) is 25.5. The van der Waals surface area contributed by atoms with E-state index in [1.165, 1.54) is 105 Å². The van der Waals surface area contributed by atoms with Crippen molar-refractivity contribution in [2.75, 3.05) is 4.90 Å². The second-order valence-electron chi connectivity index (χ2n) is 15.5. The van der Waals surface area contributed by atoms with Gasteiger partial charge in [0.2, 0.25) is 0 Å². The molecule has 0 fully saturated rings. The molecule has 1 nitrogen and oxygen atoms in total. The molecule has 3 aliphatic rings. The summed E-state index contributed by atoms with van der Waals surface area (Å²) in [4.78, 5) is 2.53. The van der Waals surface area contributed by atoms with E-state index in [1.807, 2.05) is 0 Å². The van der Waals surface area contributed by atoms with Gasteiger partial charge < -0.3 is 4.90 Å². The zero-order valence-corrected chi connectivity index (χ0v) is 30.1. The lowest BCUT2D eigenvalue weighted by atomic mass is 9.81. The van der Waals surface area contributed by atoms with Crippen LogP contribution in [0.1, 0.15) is 60.1 Å². The Bertz CT molecular complexity index is 2370. The van der Waals surface area contributed by atoms with Gasteiger partial charge in [-0.25, -0.2) is 0 Å². The highest BCUT2D eigenvalue weighted by atomic mass is 15.1. The number of nitrogens with zero attached hydrogens (tertiary/aromatic N) is 1. The first-order valence-electron chi connectivity index (χ1n) is 19.1. The van der Waals surface area contributed by atoms with Crippen LogP contribution >= 0.6 is 0 Å². The molecule has 10 rings (SSSR count). The van der Waals surface area contributed by atoms with E-state index < -0.39 is 0 Å². The molecule has 0 N–H and O–H groups in total. The molecule has 0 atom stereocenters. The van der Waals surface area contributed by atoms with Crippen LogP contribution in [-0.2, 0) is 31.1 Å².